The lowest BCUT2D eigenvalue weighted by Crippen LogP contribution is -2.25. The maximum Gasteiger partial charge on any atom is 0.414 e. The van der Waals surface area contributed by atoms with E-state index in [0.717, 1.165) is 22.5 Å². The molecule has 0 radical (unpaired) electrons. The first-order valence-electron chi connectivity index (χ1n) is 9.93. The van der Waals surface area contributed by atoms with Crippen molar-refractivity contribution in [2.75, 3.05) is 36.2 Å². The monoisotopic (exact) mass is 488 g/mol. The average Bonchev–Trinajstić information content (AvgIpc) is 3.06. The van der Waals surface area contributed by atoms with E-state index in [1.54, 1.807) is 7.05 Å². The second-order valence-corrected chi connectivity index (χ2v) is 8.38. The largest absolute Gasteiger partial charge is 0.449 e. The third kappa shape index (κ3) is 4.94. The zero-order chi connectivity index (χ0) is 23.5. The van der Waals surface area contributed by atoms with Crippen LogP contribution in [0.4, 0.5) is 38.4 Å². The van der Waals surface area contributed by atoms with Gasteiger partial charge in [-0.2, -0.15) is 4.98 Å². The molecule has 0 bridgehead atoms. The molecule has 0 fully saturated rings. The lowest BCUT2D eigenvalue weighted by molar-refractivity contribution is 0.159. The number of thiophene rings is 1. The zero-order valence-corrected chi connectivity index (χ0v) is 19.6. The van der Waals surface area contributed by atoms with E-state index in [1.807, 2.05) is 30.5 Å². The van der Waals surface area contributed by atoms with Crippen LogP contribution in [0.2, 0.25) is 5.02 Å². The molecule has 0 unspecified atom stereocenters. The maximum atomic E-state index is 11.9. The summed E-state index contributed by atoms with van der Waals surface area (Å²) in [6.45, 7) is 2.19. The summed E-state index contributed by atoms with van der Waals surface area (Å²) >= 11 is 7.59. The summed E-state index contributed by atoms with van der Waals surface area (Å²) in [7, 11) is 3.16. The van der Waals surface area contributed by atoms with Gasteiger partial charge >= 0.3 is 12.2 Å². The first-order valence-corrected chi connectivity index (χ1v) is 11.2. The van der Waals surface area contributed by atoms with Gasteiger partial charge in [-0.3, -0.25) is 4.90 Å². The zero-order valence-electron chi connectivity index (χ0n) is 18.1. The number of hydrogen-bond donors (Lipinski definition) is 3. The van der Waals surface area contributed by atoms with Crippen molar-refractivity contribution < 1.29 is 19.1 Å². The lowest BCUT2D eigenvalue weighted by Gasteiger charge is -2.17. The standard InChI is InChI=1S/C21H21ClN6O4S/c1-11-10-33-18(32-20(29)23-2)16(11)26-17-14(22)9-24-19(27-17)25-13-4-5-15-12(8-13)6-7-31-21(30)28(15)3/h4-5,8-10H,6-7H2,1-3H3,(H,23,29)(H2,24,25,26,27). The Kier molecular flexibility index (Phi) is 6.52. The van der Waals surface area contributed by atoms with Crippen LogP contribution in [0.15, 0.2) is 29.8 Å². The topological polar surface area (TPSA) is 118 Å². The van der Waals surface area contributed by atoms with Crippen LogP contribution in [0, 0.1) is 6.92 Å². The molecule has 12 heteroatoms. The van der Waals surface area contributed by atoms with Gasteiger partial charge < -0.3 is 25.4 Å². The minimum absolute atomic E-state index is 0.302. The second kappa shape index (κ2) is 9.51. The van der Waals surface area contributed by atoms with E-state index in [1.165, 1.54) is 29.5 Å². The molecule has 0 saturated carbocycles. The van der Waals surface area contributed by atoms with E-state index in [9.17, 15) is 9.59 Å². The highest BCUT2D eigenvalue weighted by molar-refractivity contribution is 7.12. The van der Waals surface area contributed by atoms with Gasteiger partial charge in [-0.15, -0.1) is 11.3 Å². The summed E-state index contributed by atoms with van der Waals surface area (Å²) in [6, 6.07) is 5.60. The van der Waals surface area contributed by atoms with Crippen LogP contribution in [-0.2, 0) is 11.2 Å². The molecule has 172 valence electrons. The second-order valence-electron chi connectivity index (χ2n) is 7.13. The number of carbonyl (C=O) groups excluding carboxylic acids is 2. The molecule has 1 aromatic carbocycles. The molecule has 3 N–H and O–H groups in total. The van der Waals surface area contributed by atoms with Gasteiger partial charge in [0.15, 0.2) is 5.82 Å². The van der Waals surface area contributed by atoms with Crippen molar-refractivity contribution in [3.05, 3.63) is 45.9 Å². The third-order valence-corrected chi connectivity index (χ3v) is 6.14. The van der Waals surface area contributed by atoms with Gasteiger partial charge in [-0.1, -0.05) is 11.6 Å². The van der Waals surface area contributed by atoms with Crippen LogP contribution in [0.3, 0.4) is 0 Å². The number of anilines is 5. The normalized spacial score (nSPS) is 13.0. The van der Waals surface area contributed by atoms with Gasteiger partial charge in [0.1, 0.15) is 5.02 Å². The molecule has 1 aliphatic heterocycles. The Labute approximate surface area is 198 Å². The summed E-state index contributed by atoms with van der Waals surface area (Å²) in [6.07, 6.45) is 1.12. The molecule has 0 aliphatic carbocycles. The number of ether oxygens (including phenoxy) is 2. The molecule has 2 amide bonds. The van der Waals surface area contributed by atoms with E-state index in [0.29, 0.717) is 40.6 Å². The number of hydrogen-bond acceptors (Lipinski definition) is 9. The van der Waals surface area contributed by atoms with Crippen molar-refractivity contribution in [2.24, 2.45) is 0 Å². The quantitative estimate of drug-likeness (QED) is 0.467. The molecule has 10 nitrogen and oxygen atoms in total. The number of aromatic nitrogens is 2. The van der Waals surface area contributed by atoms with Crippen LogP contribution in [-0.4, -0.2) is 42.9 Å². The average molecular weight is 489 g/mol. The Morgan fingerprint density at radius 3 is 2.94 bits per heavy atom. The molecule has 3 heterocycles. The summed E-state index contributed by atoms with van der Waals surface area (Å²) in [4.78, 5) is 33.7. The highest BCUT2D eigenvalue weighted by atomic mass is 35.5. The molecular formula is C21H21ClN6O4S. The molecule has 1 aliphatic rings. The van der Waals surface area contributed by atoms with E-state index < -0.39 is 6.09 Å². The molecule has 3 aromatic rings. The van der Waals surface area contributed by atoms with Crippen LogP contribution >= 0.6 is 22.9 Å². The van der Waals surface area contributed by atoms with E-state index in [4.69, 9.17) is 21.1 Å². The maximum absolute atomic E-state index is 11.9. The molecule has 0 atom stereocenters. The number of nitrogens with one attached hydrogen (secondary N) is 3. The van der Waals surface area contributed by atoms with E-state index in [2.05, 4.69) is 25.9 Å². The minimum atomic E-state index is -0.572. The van der Waals surface area contributed by atoms with Crippen LogP contribution in [0.5, 0.6) is 5.06 Å². The molecule has 33 heavy (non-hydrogen) atoms. The van der Waals surface area contributed by atoms with Gasteiger partial charge in [-0.25, -0.2) is 14.6 Å². The molecule has 0 saturated heterocycles. The van der Waals surface area contributed by atoms with Gasteiger partial charge in [-0.05, 0) is 41.6 Å². The Hall–Kier alpha value is -3.57. The van der Waals surface area contributed by atoms with Crippen molar-refractivity contribution in [3.8, 4) is 5.06 Å². The molecule has 0 spiro atoms. The van der Waals surface area contributed by atoms with E-state index in [-0.39, 0.29) is 6.09 Å². The van der Waals surface area contributed by atoms with Gasteiger partial charge in [0, 0.05) is 26.2 Å². The highest BCUT2D eigenvalue weighted by Gasteiger charge is 2.21. The molecule has 2 aromatic heterocycles. The first-order chi connectivity index (χ1) is 15.9. The summed E-state index contributed by atoms with van der Waals surface area (Å²) in [5, 5.41) is 11.3. The van der Waals surface area contributed by atoms with Crippen LogP contribution in [0.1, 0.15) is 11.1 Å². The Bertz CT molecular complexity index is 1220. The fraction of sp³-hybridized carbons (Fsp3) is 0.238. The van der Waals surface area contributed by atoms with Crippen molar-refractivity contribution in [1.29, 1.82) is 0 Å². The smallest absolute Gasteiger partial charge is 0.414 e. The number of cyclic esters (lactones) is 1. The van der Waals surface area contributed by atoms with Crippen molar-refractivity contribution in [3.63, 3.8) is 0 Å². The van der Waals surface area contributed by atoms with Gasteiger partial charge in [0.05, 0.1) is 24.2 Å². The first kappa shape index (κ1) is 22.6. The molecule has 4 rings (SSSR count). The lowest BCUT2D eigenvalue weighted by atomic mass is 10.1. The SMILES string of the molecule is CNC(=O)Oc1scc(C)c1Nc1nc(Nc2ccc3c(c2)CCOC(=O)N3C)ncc1Cl. The Morgan fingerprint density at radius 1 is 1.33 bits per heavy atom. The Balaban J connectivity index is 1.57. The number of benzene rings is 1. The molecular weight excluding hydrogens is 468 g/mol. The minimum Gasteiger partial charge on any atom is -0.449 e. The van der Waals surface area contributed by atoms with Crippen molar-refractivity contribution in [2.45, 2.75) is 13.3 Å². The predicted molar refractivity (Wildman–Crippen MR) is 128 cm³/mol. The number of fused-ring (bicyclic) bond motifs is 1. The van der Waals surface area contributed by atoms with Gasteiger partial charge in [0.25, 0.3) is 0 Å². The predicted octanol–water partition coefficient (Wildman–Crippen LogP) is 4.83. The third-order valence-electron chi connectivity index (χ3n) is 4.89. The van der Waals surface area contributed by atoms with Crippen LogP contribution in [0.25, 0.3) is 0 Å². The van der Waals surface area contributed by atoms with Crippen molar-refractivity contribution >= 4 is 64.0 Å². The van der Waals surface area contributed by atoms with E-state index >= 15 is 0 Å². The number of amides is 2. The number of aryl methyl sites for hydroxylation is 1. The number of halogens is 1. The summed E-state index contributed by atoms with van der Waals surface area (Å²) in [5.41, 5.74) is 3.97. The number of rotatable bonds is 5. The summed E-state index contributed by atoms with van der Waals surface area (Å²) < 4.78 is 10.5. The Morgan fingerprint density at radius 2 is 2.15 bits per heavy atom. The fourth-order valence-corrected chi connectivity index (χ4v) is 4.17. The van der Waals surface area contributed by atoms with Gasteiger partial charge in [0.2, 0.25) is 11.0 Å². The number of nitrogens with zero attached hydrogens (tertiary/aromatic N) is 3. The highest BCUT2D eigenvalue weighted by Crippen LogP contribution is 2.39. The number of carbonyl (C=O) groups is 2. The summed E-state index contributed by atoms with van der Waals surface area (Å²) in [5.74, 6) is 0.670. The van der Waals surface area contributed by atoms with Crippen LogP contribution < -0.4 is 25.6 Å². The van der Waals surface area contributed by atoms with Crippen molar-refractivity contribution in [1.82, 2.24) is 15.3 Å². The fourth-order valence-electron chi connectivity index (χ4n) is 3.18.